The molecule has 88 valence electrons. The number of nitriles is 1. The first kappa shape index (κ1) is 14.7. The Hall–Kier alpha value is -1.33. The molecule has 0 rings (SSSR count). The summed E-state index contributed by atoms with van der Waals surface area (Å²) < 4.78 is 10.3. The quantitative estimate of drug-likeness (QED) is 0.416. The molecule has 0 aromatic carbocycles. The van der Waals surface area contributed by atoms with Crippen LogP contribution in [0.4, 0.5) is 0 Å². The molecule has 0 aliphatic carbocycles. The fraction of sp³-hybridized carbons (Fsp3) is 0.583. The summed E-state index contributed by atoms with van der Waals surface area (Å²) in [5.74, 6) is 4.45. The predicted octanol–water partition coefficient (Wildman–Crippen LogP) is 1.08. The van der Waals surface area contributed by atoms with Gasteiger partial charge in [-0.3, -0.25) is 0 Å². The number of aliphatic hydroxyl groups excluding tert-OH is 1. The van der Waals surface area contributed by atoms with Crippen molar-refractivity contribution in [3.05, 3.63) is 12.7 Å². The SMILES string of the molecule is C=CC(C#N)C(O)C#CC(OCC)OCC. The summed E-state index contributed by atoms with van der Waals surface area (Å²) in [6.07, 6.45) is -0.366. The highest BCUT2D eigenvalue weighted by Gasteiger charge is 2.12. The minimum Gasteiger partial charge on any atom is -0.379 e. The van der Waals surface area contributed by atoms with Crippen LogP contribution in [-0.2, 0) is 9.47 Å². The Morgan fingerprint density at radius 2 is 1.88 bits per heavy atom. The Morgan fingerprint density at radius 3 is 2.25 bits per heavy atom. The van der Waals surface area contributed by atoms with Crippen molar-refractivity contribution in [2.75, 3.05) is 13.2 Å². The Balaban J connectivity index is 4.42. The fourth-order valence-electron chi connectivity index (χ4n) is 0.930. The summed E-state index contributed by atoms with van der Waals surface area (Å²) in [5, 5.41) is 18.2. The van der Waals surface area contributed by atoms with Crippen LogP contribution < -0.4 is 0 Å². The maximum Gasteiger partial charge on any atom is 0.222 e. The van der Waals surface area contributed by atoms with Gasteiger partial charge in [0.25, 0.3) is 0 Å². The molecule has 0 spiro atoms. The van der Waals surface area contributed by atoms with Gasteiger partial charge < -0.3 is 14.6 Å². The minimum absolute atomic E-state index is 0.471. The van der Waals surface area contributed by atoms with Crippen molar-refractivity contribution in [3.8, 4) is 17.9 Å². The van der Waals surface area contributed by atoms with Crippen LogP contribution >= 0.6 is 0 Å². The molecule has 4 nitrogen and oxygen atoms in total. The average molecular weight is 223 g/mol. The lowest BCUT2D eigenvalue weighted by Crippen LogP contribution is -2.18. The number of hydrogen-bond donors (Lipinski definition) is 1. The van der Waals surface area contributed by atoms with Gasteiger partial charge in [-0.25, -0.2) is 0 Å². The topological polar surface area (TPSA) is 62.5 Å². The number of ether oxygens (including phenoxy) is 2. The van der Waals surface area contributed by atoms with Crippen LogP contribution in [0.2, 0.25) is 0 Å². The molecule has 0 aliphatic heterocycles. The van der Waals surface area contributed by atoms with Crippen molar-refractivity contribution < 1.29 is 14.6 Å². The molecule has 16 heavy (non-hydrogen) atoms. The van der Waals surface area contributed by atoms with Gasteiger partial charge >= 0.3 is 0 Å². The van der Waals surface area contributed by atoms with E-state index in [-0.39, 0.29) is 0 Å². The summed E-state index contributed by atoms with van der Waals surface area (Å²) >= 11 is 0. The standard InChI is InChI=1S/C12H17NO3/c1-4-10(9-13)11(14)7-8-12(15-5-2)16-6-3/h4,10-12,14H,1,5-6H2,2-3H3. The Labute approximate surface area is 96.5 Å². The molecule has 2 unspecified atom stereocenters. The third-order valence-electron chi connectivity index (χ3n) is 1.73. The maximum absolute atomic E-state index is 9.52. The number of rotatable bonds is 6. The normalized spacial score (nSPS) is 13.4. The second-order valence-corrected chi connectivity index (χ2v) is 2.87. The molecule has 0 bridgehead atoms. The number of aliphatic hydroxyl groups is 1. The van der Waals surface area contributed by atoms with E-state index in [0.717, 1.165) is 0 Å². The summed E-state index contributed by atoms with van der Waals surface area (Å²) in [6.45, 7) is 8.03. The summed E-state index contributed by atoms with van der Waals surface area (Å²) in [7, 11) is 0. The van der Waals surface area contributed by atoms with Gasteiger partial charge in [-0.1, -0.05) is 12.0 Å². The highest BCUT2D eigenvalue weighted by atomic mass is 16.7. The van der Waals surface area contributed by atoms with Crippen molar-refractivity contribution in [2.45, 2.75) is 26.2 Å². The Bertz CT molecular complexity index is 292. The van der Waals surface area contributed by atoms with E-state index in [9.17, 15) is 5.11 Å². The average Bonchev–Trinajstić information content (AvgIpc) is 2.28. The van der Waals surface area contributed by atoms with Crippen molar-refractivity contribution in [1.82, 2.24) is 0 Å². The summed E-state index contributed by atoms with van der Waals surface area (Å²) in [5.41, 5.74) is 0. The first-order valence-electron chi connectivity index (χ1n) is 5.14. The molecule has 0 heterocycles. The van der Waals surface area contributed by atoms with E-state index in [1.165, 1.54) is 6.08 Å². The van der Waals surface area contributed by atoms with Crippen molar-refractivity contribution in [1.29, 1.82) is 5.26 Å². The molecular formula is C12H17NO3. The molecule has 0 aromatic rings. The second kappa shape index (κ2) is 8.94. The summed E-state index contributed by atoms with van der Waals surface area (Å²) in [6, 6.07) is 1.89. The van der Waals surface area contributed by atoms with E-state index in [0.29, 0.717) is 13.2 Å². The van der Waals surface area contributed by atoms with Gasteiger partial charge in [0.1, 0.15) is 12.0 Å². The van der Waals surface area contributed by atoms with E-state index in [2.05, 4.69) is 18.4 Å². The van der Waals surface area contributed by atoms with Crippen LogP contribution in [0.1, 0.15) is 13.8 Å². The zero-order valence-corrected chi connectivity index (χ0v) is 9.64. The van der Waals surface area contributed by atoms with Crippen molar-refractivity contribution in [2.24, 2.45) is 5.92 Å². The second-order valence-electron chi connectivity index (χ2n) is 2.87. The molecule has 0 aromatic heterocycles. The number of nitrogens with zero attached hydrogens (tertiary/aromatic N) is 1. The fourth-order valence-corrected chi connectivity index (χ4v) is 0.930. The van der Waals surface area contributed by atoms with Crippen LogP contribution in [0.5, 0.6) is 0 Å². The summed E-state index contributed by atoms with van der Waals surface area (Å²) in [4.78, 5) is 0. The first-order chi connectivity index (χ1) is 7.69. The molecular weight excluding hydrogens is 206 g/mol. The van der Waals surface area contributed by atoms with E-state index in [4.69, 9.17) is 14.7 Å². The van der Waals surface area contributed by atoms with Crippen molar-refractivity contribution >= 4 is 0 Å². The van der Waals surface area contributed by atoms with Gasteiger partial charge in [0.15, 0.2) is 0 Å². The van der Waals surface area contributed by atoms with E-state index >= 15 is 0 Å². The highest BCUT2D eigenvalue weighted by Crippen LogP contribution is 2.02. The monoisotopic (exact) mass is 223 g/mol. The van der Waals surface area contributed by atoms with E-state index in [1.807, 2.05) is 19.9 Å². The van der Waals surface area contributed by atoms with Gasteiger partial charge in [-0.15, -0.1) is 6.58 Å². The van der Waals surface area contributed by atoms with Crippen LogP contribution in [0, 0.1) is 29.1 Å². The molecule has 0 radical (unpaired) electrons. The third kappa shape index (κ3) is 5.53. The Morgan fingerprint density at radius 1 is 1.31 bits per heavy atom. The van der Waals surface area contributed by atoms with Crippen molar-refractivity contribution in [3.63, 3.8) is 0 Å². The first-order valence-corrected chi connectivity index (χ1v) is 5.14. The van der Waals surface area contributed by atoms with Gasteiger partial charge in [0.2, 0.25) is 6.29 Å². The lowest BCUT2D eigenvalue weighted by molar-refractivity contribution is -0.0971. The molecule has 2 atom stereocenters. The minimum atomic E-state index is -1.06. The molecule has 1 N–H and O–H groups in total. The predicted molar refractivity (Wildman–Crippen MR) is 60.1 cm³/mol. The smallest absolute Gasteiger partial charge is 0.222 e. The molecule has 0 saturated carbocycles. The molecule has 4 heteroatoms. The van der Waals surface area contributed by atoms with E-state index in [1.54, 1.807) is 0 Å². The van der Waals surface area contributed by atoms with Gasteiger partial charge in [-0.2, -0.15) is 5.26 Å². The third-order valence-corrected chi connectivity index (χ3v) is 1.73. The number of hydrogen-bond acceptors (Lipinski definition) is 4. The van der Waals surface area contributed by atoms with E-state index < -0.39 is 18.3 Å². The van der Waals surface area contributed by atoms with Crippen LogP contribution in [0.25, 0.3) is 0 Å². The highest BCUT2D eigenvalue weighted by molar-refractivity contribution is 5.15. The largest absolute Gasteiger partial charge is 0.379 e. The van der Waals surface area contributed by atoms with Crippen LogP contribution in [0.3, 0.4) is 0 Å². The zero-order valence-electron chi connectivity index (χ0n) is 9.64. The Kier molecular flexibility index (Phi) is 8.19. The van der Waals surface area contributed by atoms with Crippen LogP contribution in [-0.4, -0.2) is 30.7 Å². The van der Waals surface area contributed by atoms with Gasteiger partial charge in [0.05, 0.1) is 6.07 Å². The van der Waals surface area contributed by atoms with Crippen LogP contribution in [0.15, 0.2) is 12.7 Å². The lowest BCUT2D eigenvalue weighted by Gasteiger charge is -2.10. The molecule has 0 saturated heterocycles. The molecule has 0 amide bonds. The molecule has 0 fully saturated rings. The lowest BCUT2D eigenvalue weighted by atomic mass is 10.1. The zero-order chi connectivity index (χ0) is 12.4. The van der Waals surface area contributed by atoms with Gasteiger partial charge in [0, 0.05) is 13.2 Å². The maximum atomic E-state index is 9.52. The van der Waals surface area contributed by atoms with Gasteiger partial charge in [-0.05, 0) is 19.8 Å². The molecule has 0 aliphatic rings.